The molecule has 0 unspecified atom stereocenters. The largest absolute Gasteiger partial charge is 0.417 e. The average Bonchev–Trinajstić information content (AvgIpc) is 2.83. The summed E-state index contributed by atoms with van der Waals surface area (Å²) in [7, 11) is 1.76. The van der Waals surface area contributed by atoms with Crippen LogP contribution in [-0.2, 0) is 13.2 Å². The monoisotopic (exact) mass is 372 g/mol. The number of alkyl halides is 3. The SMILES string of the molecule is CCSc1cc(C(F)(F)F)cnc1-c1nc2cc(Cl)ncc2n1C. The Balaban J connectivity index is 2.20. The van der Waals surface area contributed by atoms with E-state index in [-0.39, 0.29) is 0 Å². The second-order valence-corrected chi connectivity index (χ2v) is 6.68. The summed E-state index contributed by atoms with van der Waals surface area (Å²) in [5.41, 5.74) is 0.973. The Labute approximate surface area is 145 Å². The molecule has 3 aromatic rings. The number of hydrogen-bond donors (Lipinski definition) is 0. The minimum absolute atomic E-state index is 0.302. The Morgan fingerprint density at radius 1 is 1.21 bits per heavy atom. The molecule has 0 aromatic carbocycles. The fourth-order valence-corrected chi connectivity index (χ4v) is 3.26. The van der Waals surface area contributed by atoms with Gasteiger partial charge in [-0.15, -0.1) is 11.8 Å². The first-order valence-electron chi connectivity index (χ1n) is 6.99. The number of thioether (sulfide) groups is 1. The van der Waals surface area contributed by atoms with Crippen LogP contribution in [-0.4, -0.2) is 25.3 Å². The minimum atomic E-state index is -4.43. The van der Waals surface area contributed by atoms with Gasteiger partial charge in [-0.05, 0) is 11.8 Å². The van der Waals surface area contributed by atoms with Gasteiger partial charge < -0.3 is 4.57 Å². The number of aromatic nitrogens is 4. The zero-order valence-electron chi connectivity index (χ0n) is 12.7. The summed E-state index contributed by atoms with van der Waals surface area (Å²) in [5.74, 6) is 1.09. The van der Waals surface area contributed by atoms with E-state index in [1.807, 2.05) is 6.92 Å². The van der Waals surface area contributed by atoms with Crippen LogP contribution in [0.4, 0.5) is 13.2 Å². The average molecular weight is 373 g/mol. The number of fused-ring (bicyclic) bond motifs is 1. The Hall–Kier alpha value is -1.80. The summed E-state index contributed by atoms with van der Waals surface area (Å²) in [5, 5.41) is 0.302. The molecule has 3 rings (SSSR count). The molecule has 0 saturated carbocycles. The normalized spacial score (nSPS) is 12.1. The standard InChI is InChI=1S/C15H12ClF3N4S/c1-3-24-11-4-8(15(17,18)19)6-21-13(11)14-22-9-5-12(16)20-7-10(9)23(14)2/h4-7H,3H2,1-2H3. The summed E-state index contributed by atoms with van der Waals surface area (Å²) >= 11 is 7.16. The Morgan fingerprint density at radius 3 is 2.62 bits per heavy atom. The van der Waals surface area contributed by atoms with Gasteiger partial charge in [-0.25, -0.2) is 9.97 Å². The van der Waals surface area contributed by atoms with Crippen molar-refractivity contribution in [2.45, 2.75) is 18.0 Å². The lowest BCUT2D eigenvalue weighted by Crippen LogP contribution is -2.07. The zero-order valence-corrected chi connectivity index (χ0v) is 14.3. The third-order valence-electron chi connectivity index (χ3n) is 3.43. The van der Waals surface area contributed by atoms with Gasteiger partial charge in [0, 0.05) is 24.2 Å². The molecule has 0 fully saturated rings. The van der Waals surface area contributed by atoms with E-state index < -0.39 is 11.7 Å². The van der Waals surface area contributed by atoms with Crippen LogP contribution >= 0.6 is 23.4 Å². The van der Waals surface area contributed by atoms with Crippen LogP contribution in [0.2, 0.25) is 5.15 Å². The predicted molar refractivity (Wildman–Crippen MR) is 88.2 cm³/mol. The molecule has 0 saturated heterocycles. The number of imidazole rings is 1. The van der Waals surface area contributed by atoms with Gasteiger partial charge >= 0.3 is 6.18 Å². The van der Waals surface area contributed by atoms with E-state index in [4.69, 9.17) is 11.6 Å². The second kappa shape index (κ2) is 6.25. The lowest BCUT2D eigenvalue weighted by atomic mass is 10.2. The van der Waals surface area contributed by atoms with E-state index in [1.165, 1.54) is 11.8 Å². The highest BCUT2D eigenvalue weighted by molar-refractivity contribution is 7.99. The van der Waals surface area contributed by atoms with Crippen molar-refractivity contribution in [1.82, 2.24) is 19.5 Å². The maximum absolute atomic E-state index is 12.9. The van der Waals surface area contributed by atoms with Gasteiger partial charge in [0.2, 0.25) is 0 Å². The van der Waals surface area contributed by atoms with Crippen molar-refractivity contribution >= 4 is 34.4 Å². The molecule has 0 amide bonds. The fourth-order valence-electron chi connectivity index (χ4n) is 2.31. The number of hydrogen-bond acceptors (Lipinski definition) is 4. The van der Waals surface area contributed by atoms with E-state index in [0.29, 0.717) is 32.8 Å². The first kappa shape index (κ1) is 17.0. The number of pyridine rings is 2. The van der Waals surface area contributed by atoms with Crippen LogP contribution in [0.5, 0.6) is 0 Å². The van der Waals surface area contributed by atoms with Crippen molar-refractivity contribution in [3.8, 4) is 11.5 Å². The van der Waals surface area contributed by atoms with E-state index in [2.05, 4.69) is 15.0 Å². The predicted octanol–water partition coefficient (Wildman–Crippen LogP) is 4.81. The van der Waals surface area contributed by atoms with Crippen LogP contribution in [0, 0.1) is 0 Å². The Bertz CT molecular complexity index is 908. The molecule has 24 heavy (non-hydrogen) atoms. The van der Waals surface area contributed by atoms with Crippen molar-refractivity contribution in [1.29, 1.82) is 0 Å². The zero-order chi connectivity index (χ0) is 17.5. The van der Waals surface area contributed by atoms with Crippen molar-refractivity contribution in [2.24, 2.45) is 7.05 Å². The summed E-state index contributed by atoms with van der Waals surface area (Å²) in [4.78, 5) is 12.9. The first-order valence-corrected chi connectivity index (χ1v) is 8.36. The Kier molecular flexibility index (Phi) is 4.44. The molecule has 0 radical (unpaired) electrons. The van der Waals surface area contributed by atoms with Gasteiger partial charge in [0.25, 0.3) is 0 Å². The maximum Gasteiger partial charge on any atom is 0.417 e. The highest BCUT2D eigenvalue weighted by Gasteiger charge is 2.32. The molecule has 0 spiro atoms. The van der Waals surface area contributed by atoms with E-state index >= 15 is 0 Å². The quantitative estimate of drug-likeness (QED) is 0.488. The van der Waals surface area contributed by atoms with Gasteiger partial charge in [0.15, 0.2) is 5.82 Å². The molecule has 0 aliphatic heterocycles. The molecule has 4 nitrogen and oxygen atoms in total. The van der Waals surface area contributed by atoms with Gasteiger partial charge in [-0.1, -0.05) is 18.5 Å². The van der Waals surface area contributed by atoms with Crippen molar-refractivity contribution in [2.75, 3.05) is 5.75 Å². The van der Waals surface area contributed by atoms with Crippen LogP contribution in [0.25, 0.3) is 22.6 Å². The lowest BCUT2D eigenvalue weighted by Gasteiger charge is -2.12. The second-order valence-electron chi connectivity index (χ2n) is 4.99. The third-order valence-corrected chi connectivity index (χ3v) is 4.54. The van der Waals surface area contributed by atoms with Crippen LogP contribution < -0.4 is 0 Å². The first-order chi connectivity index (χ1) is 11.3. The summed E-state index contributed by atoms with van der Waals surface area (Å²) in [6.45, 7) is 1.87. The molecule has 9 heteroatoms. The van der Waals surface area contributed by atoms with E-state index in [9.17, 15) is 13.2 Å². The maximum atomic E-state index is 12.9. The molecule has 3 aromatic heterocycles. The van der Waals surface area contributed by atoms with Crippen LogP contribution in [0.15, 0.2) is 29.4 Å². The number of nitrogens with zero attached hydrogens (tertiary/aromatic N) is 4. The minimum Gasteiger partial charge on any atom is -0.325 e. The summed E-state index contributed by atoms with van der Waals surface area (Å²) in [6.07, 6.45) is -2.02. The molecule has 3 heterocycles. The van der Waals surface area contributed by atoms with Crippen molar-refractivity contribution in [3.05, 3.63) is 35.2 Å². The molecule has 0 aliphatic carbocycles. The topological polar surface area (TPSA) is 43.6 Å². The molecular formula is C15H12ClF3N4S. The van der Waals surface area contributed by atoms with Crippen LogP contribution in [0.3, 0.4) is 0 Å². The number of halogens is 4. The molecule has 0 N–H and O–H groups in total. The highest BCUT2D eigenvalue weighted by atomic mass is 35.5. The summed E-state index contributed by atoms with van der Waals surface area (Å²) in [6, 6.07) is 2.72. The van der Waals surface area contributed by atoms with Gasteiger partial charge in [0.05, 0.1) is 22.8 Å². The molecule has 0 atom stereocenters. The third kappa shape index (κ3) is 3.08. The molecule has 0 aliphatic rings. The van der Waals surface area contributed by atoms with Gasteiger partial charge in [-0.3, -0.25) is 4.98 Å². The number of rotatable bonds is 3. The smallest absolute Gasteiger partial charge is 0.325 e. The Morgan fingerprint density at radius 2 is 1.96 bits per heavy atom. The van der Waals surface area contributed by atoms with Crippen molar-refractivity contribution in [3.63, 3.8) is 0 Å². The number of aryl methyl sites for hydroxylation is 1. The summed E-state index contributed by atoms with van der Waals surface area (Å²) < 4.78 is 40.6. The van der Waals surface area contributed by atoms with Gasteiger partial charge in [-0.2, -0.15) is 13.2 Å². The van der Waals surface area contributed by atoms with E-state index in [1.54, 1.807) is 23.9 Å². The van der Waals surface area contributed by atoms with Crippen molar-refractivity contribution < 1.29 is 13.2 Å². The van der Waals surface area contributed by atoms with Gasteiger partial charge in [0.1, 0.15) is 10.8 Å². The highest BCUT2D eigenvalue weighted by Crippen LogP contribution is 2.36. The molecule has 0 bridgehead atoms. The lowest BCUT2D eigenvalue weighted by molar-refractivity contribution is -0.138. The molecular weight excluding hydrogens is 361 g/mol. The molecule has 126 valence electrons. The fraction of sp³-hybridized carbons (Fsp3) is 0.267. The van der Waals surface area contributed by atoms with E-state index in [0.717, 1.165) is 17.8 Å². The van der Waals surface area contributed by atoms with Crippen LogP contribution in [0.1, 0.15) is 12.5 Å².